The highest BCUT2D eigenvalue weighted by Gasteiger charge is 2.41. The first-order valence-corrected chi connectivity index (χ1v) is 13.9. The molecule has 0 aliphatic carbocycles. The summed E-state index contributed by atoms with van der Waals surface area (Å²) in [5, 5.41) is 1.55. The molecule has 3 aromatic rings. The number of fused-ring (bicyclic) bond motifs is 1. The summed E-state index contributed by atoms with van der Waals surface area (Å²) in [5.74, 6) is 3.05. The molecule has 0 saturated carbocycles. The first-order chi connectivity index (χ1) is 15.8. The molecule has 0 amide bonds. The first-order valence-electron chi connectivity index (χ1n) is 11.7. The van der Waals surface area contributed by atoms with E-state index in [9.17, 15) is 4.39 Å². The van der Waals surface area contributed by atoms with Crippen LogP contribution in [0.2, 0.25) is 16.6 Å². The smallest absolute Gasteiger partial charge is 0.189 e. The van der Waals surface area contributed by atoms with Crippen molar-refractivity contribution in [2.45, 2.75) is 64.8 Å². The van der Waals surface area contributed by atoms with Crippen molar-refractivity contribution in [1.82, 2.24) is 0 Å². The fraction of sp³-hybridized carbons (Fsp3) is 0.379. The predicted octanol–water partition coefficient (Wildman–Crippen LogP) is 7.90. The molecule has 0 bridgehead atoms. The van der Waals surface area contributed by atoms with Crippen LogP contribution in [-0.2, 0) is 11.3 Å². The minimum Gasteiger partial charge on any atom is -0.464 e. The molecule has 1 radical (unpaired) electrons. The second-order valence-corrected chi connectivity index (χ2v) is 15.0. The Morgan fingerprint density at radius 2 is 1.58 bits per heavy atom. The molecule has 2 nitrogen and oxygen atoms in total. The molecule has 0 unspecified atom stereocenters. The van der Waals surface area contributed by atoms with Crippen molar-refractivity contribution in [3.8, 4) is 17.2 Å². The van der Waals surface area contributed by atoms with Gasteiger partial charge in [0, 0.05) is 17.0 Å². The summed E-state index contributed by atoms with van der Waals surface area (Å²) < 4.78 is 25.9. The second-order valence-electron chi connectivity index (χ2n) is 9.46. The van der Waals surface area contributed by atoms with Crippen LogP contribution in [0.5, 0.6) is 5.75 Å². The molecule has 0 atom stereocenters. The summed E-state index contributed by atoms with van der Waals surface area (Å²) in [4.78, 5) is 0. The molecule has 0 aliphatic rings. The van der Waals surface area contributed by atoms with Crippen LogP contribution in [0.4, 0.5) is 4.39 Å². The van der Waals surface area contributed by atoms with Gasteiger partial charge in [0.1, 0.15) is 8.07 Å². The lowest BCUT2D eigenvalue weighted by Crippen LogP contribution is -2.43. The summed E-state index contributed by atoms with van der Waals surface area (Å²) in [6, 6.07) is 20.2. The SMILES string of the molecule is CC(C)[Si](C#Cc1cccc2cc(OCOCc3ccccc3)c(F)[c]c12)(C(C)C)C(C)C. The van der Waals surface area contributed by atoms with Crippen LogP contribution in [0.1, 0.15) is 52.7 Å². The van der Waals surface area contributed by atoms with Gasteiger partial charge in [0.25, 0.3) is 0 Å². The largest absolute Gasteiger partial charge is 0.464 e. The highest BCUT2D eigenvalue weighted by atomic mass is 28.3. The van der Waals surface area contributed by atoms with E-state index in [0.717, 1.165) is 16.5 Å². The van der Waals surface area contributed by atoms with Crippen LogP contribution < -0.4 is 4.74 Å². The third-order valence-electron chi connectivity index (χ3n) is 6.52. The highest BCUT2D eigenvalue weighted by Crippen LogP contribution is 2.41. The fourth-order valence-corrected chi connectivity index (χ4v) is 10.1. The van der Waals surface area contributed by atoms with E-state index in [-0.39, 0.29) is 12.5 Å². The minimum absolute atomic E-state index is 0.0318. The molecule has 3 rings (SSSR count). The zero-order chi connectivity index (χ0) is 24.0. The molecular weight excluding hydrogens is 427 g/mol. The number of halogens is 1. The van der Waals surface area contributed by atoms with Crippen LogP contribution in [0.25, 0.3) is 10.8 Å². The zero-order valence-corrected chi connectivity index (χ0v) is 21.5. The van der Waals surface area contributed by atoms with Crippen molar-refractivity contribution in [2.24, 2.45) is 0 Å². The number of hydrogen-bond acceptors (Lipinski definition) is 2. The van der Waals surface area contributed by atoms with Gasteiger partial charge in [-0.25, -0.2) is 4.39 Å². The average molecular weight is 462 g/mol. The van der Waals surface area contributed by atoms with Crippen molar-refractivity contribution in [3.63, 3.8) is 0 Å². The van der Waals surface area contributed by atoms with Gasteiger partial charge in [0.05, 0.1) is 6.61 Å². The molecule has 0 aromatic heterocycles. The van der Waals surface area contributed by atoms with Crippen LogP contribution >= 0.6 is 0 Å². The Morgan fingerprint density at radius 1 is 0.909 bits per heavy atom. The lowest BCUT2D eigenvalue weighted by atomic mass is 10.0. The van der Waals surface area contributed by atoms with Crippen molar-refractivity contribution in [3.05, 3.63) is 77.6 Å². The molecule has 0 N–H and O–H groups in total. The van der Waals surface area contributed by atoms with Gasteiger partial charge in [-0.05, 0) is 39.7 Å². The molecule has 0 saturated heterocycles. The van der Waals surface area contributed by atoms with Crippen LogP contribution in [0.15, 0.2) is 54.6 Å². The van der Waals surface area contributed by atoms with Gasteiger partial charge >= 0.3 is 0 Å². The predicted molar refractivity (Wildman–Crippen MR) is 137 cm³/mol. The van der Waals surface area contributed by atoms with Gasteiger partial charge < -0.3 is 9.47 Å². The quantitative estimate of drug-likeness (QED) is 0.147. The Bertz CT molecular complexity index is 1110. The molecule has 173 valence electrons. The van der Waals surface area contributed by atoms with Crippen LogP contribution in [-0.4, -0.2) is 14.9 Å². The van der Waals surface area contributed by atoms with E-state index in [1.807, 2.05) is 48.5 Å². The van der Waals surface area contributed by atoms with Gasteiger partial charge in [0.15, 0.2) is 18.4 Å². The Kier molecular flexibility index (Phi) is 8.34. The van der Waals surface area contributed by atoms with Crippen molar-refractivity contribution < 1.29 is 13.9 Å². The third-order valence-corrected chi connectivity index (χ3v) is 12.8. The molecule has 0 aliphatic heterocycles. The third kappa shape index (κ3) is 5.66. The fourth-order valence-electron chi connectivity index (χ4n) is 4.86. The zero-order valence-electron chi connectivity index (χ0n) is 20.5. The second kappa shape index (κ2) is 11.0. The Morgan fingerprint density at radius 3 is 2.21 bits per heavy atom. The molecule has 3 aromatic carbocycles. The number of ether oxygens (including phenoxy) is 2. The summed E-state index contributed by atoms with van der Waals surface area (Å²) in [7, 11) is -1.88. The van der Waals surface area contributed by atoms with Gasteiger partial charge in [-0.1, -0.05) is 89.9 Å². The van der Waals surface area contributed by atoms with E-state index in [0.29, 0.717) is 28.6 Å². The van der Waals surface area contributed by atoms with E-state index in [1.54, 1.807) is 6.07 Å². The monoisotopic (exact) mass is 461 g/mol. The van der Waals surface area contributed by atoms with Crippen molar-refractivity contribution in [2.75, 3.05) is 6.79 Å². The van der Waals surface area contributed by atoms with E-state index in [1.165, 1.54) is 0 Å². The van der Waals surface area contributed by atoms with E-state index in [2.05, 4.69) is 59.1 Å². The average Bonchev–Trinajstić information content (AvgIpc) is 2.77. The Hall–Kier alpha value is -2.61. The number of hydrogen-bond donors (Lipinski definition) is 0. The maximum Gasteiger partial charge on any atom is 0.189 e. The van der Waals surface area contributed by atoms with Gasteiger partial charge in [-0.2, -0.15) is 0 Å². The van der Waals surface area contributed by atoms with E-state index < -0.39 is 13.9 Å². The number of benzene rings is 3. The lowest BCUT2D eigenvalue weighted by Gasteiger charge is -2.38. The first kappa shape index (κ1) is 25.0. The maximum atomic E-state index is 14.8. The van der Waals surface area contributed by atoms with Gasteiger partial charge in [-0.15, -0.1) is 5.54 Å². The molecule has 0 fully saturated rings. The Labute approximate surface area is 199 Å². The van der Waals surface area contributed by atoms with Crippen LogP contribution in [0.3, 0.4) is 0 Å². The maximum absolute atomic E-state index is 14.8. The lowest BCUT2D eigenvalue weighted by molar-refractivity contribution is 0.00309. The molecular formula is C29H34FO2Si. The molecule has 33 heavy (non-hydrogen) atoms. The summed E-state index contributed by atoms with van der Waals surface area (Å²) >= 11 is 0. The Balaban J connectivity index is 1.84. The summed E-state index contributed by atoms with van der Waals surface area (Å²) in [6.45, 7) is 14.1. The number of rotatable bonds is 8. The van der Waals surface area contributed by atoms with E-state index in [4.69, 9.17) is 9.47 Å². The van der Waals surface area contributed by atoms with Gasteiger partial charge in [0.2, 0.25) is 0 Å². The van der Waals surface area contributed by atoms with Crippen molar-refractivity contribution in [1.29, 1.82) is 0 Å². The van der Waals surface area contributed by atoms with Crippen molar-refractivity contribution >= 4 is 18.8 Å². The van der Waals surface area contributed by atoms with E-state index >= 15 is 0 Å². The summed E-state index contributed by atoms with van der Waals surface area (Å²) in [5.41, 5.74) is 7.20. The molecule has 4 heteroatoms. The highest BCUT2D eigenvalue weighted by molar-refractivity contribution is 6.90. The topological polar surface area (TPSA) is 18.5 Å². The van der Waals surface area contributed by atoms with Gasteiger partial charge in [-0.3, -0.25) is 0 Å². The normalized spacial score (nSPS) is 11.8. The minimum atomic E-state index is -1.88. The molecule has 0 spiro atoms. The molecule has 0 heterocycles. The van der Waals surface area contributed by atoms with Crippen LogP contribution in [0, 0.1) is 23.3 Å². The summed E-state index contributed by atoms with van der Waals surface area (Å²) in [6.07, 6.45) is 0. The standard InChI is InChI=1S/C29H34FO2Si/c1-21(2)33(22(3)4,23(5)6)16-15-25-13-10-14-26-17-29(28(30)18-27(25)26)32-20-31-19-24-11-8-7-9-12-24/h7-14,17,21-23H,19-20H2,1-6H3.